The summed E-state index contributed by atoms with van der Waals surface area (Å²) in [6, 6.07) is 7.48. The maximum absolute atomic E-state index is 10.00. The highest BCUT2D eigenvalue weighted by Crippen LogP contribution is 2.19. The Labute approximate surface area is 96.6 Å². The van der Waals surface area contributed by atoms with Crippen molar-refractivity contribution in [2.45, 2.75) is 6.10 Å². The molecule has 0 bridgehead atoms. The van der Waals surface area contributed by atoms with Crippen molar-refractivity contribution in [3.8, 4) is 5.75 Å². The molecule has 1 aromatic rings. The molecule has 1 aromatic carbocycles. The lowest BCUT2D eigenvalue weighted by Crippen LogP contribution is -2.29. The molecular weight excluding hydrogens is 204 g/mol. The van der Waals surface area contributed by atoms with E-state index in [2.05, 4.69) is 0 Å². The molecule has 0 aromatic heterocycles. The highest BCUT2D eigenvalue weighted by molar-refractivity contribution is 5.29. The number of likely N-dealkylation sites (N-methyl/N-ethyl adjacent to an activating group) is 1. The second kappa shape index (κ2) is 6.48. The Balaban J connectivity index is 2.61. The van der Waals surface area contributed by atoms with Crippen LogP contribution in [-0.4, -0.2) is 43.8 Å². The van der Waals surface area contributed by atoms with Crippen molar-refractivity contribution in [2.75, 3.05) is 33.8 Å². The minimum atomic E-state index is -0.508. The highest BCUT2D eigenvalue weighted by Gasteiger charge is 2.10. The Bertz CT molecular complexity index is 318. The predicted molar refractivity (Wildman–Crippen MR) is 64.5 cm³/mol. The third-order valence-electron chi connectivity index (χ3n) is 2.47. The van der Waals surface area contributed by atoms with Gasteiger partial charge in [0.25, 0.3) is 0 Å². The van der Waals surface area contributed by atoms with Crippen LogP contribution < -0.4 is 10.5 Å². The molecule has 0 saturated heterocycles. The van der Waals surface area contributed by atoms with Gasteiger partial charge < -0.3 is 20.5 Å². The van der Waals surface area contributed by atoms with Crippen LogP contribution in [-0.2, 0) is 0 Å². The number of hydrogen-bond acceptors (Lipinski definition) is 4. The third kappa shape index (κ3) is 3.81. The van der Waals surface area contributed by atoms with E-state index in [4.69, 9.17) is 10.5 Å². The quantitative estimate of drug-likeness (QED) is 0.743. The Morgan fingerprint density at radius 3 is 2.88 bits per heavy atom. The normalized spacial score (nSPS) is 12.8. The molecule has 0 spiro atoms. The summed E-state index contributed by atoms with van der Waals surface area (Å²) in [6.07, 6.45) is -0.508. The van der Waals surface area contributed by atoms with Crippen LogP contribution in [0, 0.1) is 0 Å². The number of hydrogen-bond donors (Lipinski definition) is 2. The first kappa shape index (κ1) is 13.0. The molecule has 4 heteroatoms. The summed E-state index contributed by atoms with van der Waals surface area (Å²) in [6.45, 7) is 1.95. The minimum Gasteiger partial charge on any atom is -0.497 e. The van der Waals surface area contributed by atoms with E-state index in [9.17, 15) is 5.11 Å². The standard InChI is InChI=1S/C12H20N2O2/c1-14(7-6-13)9-12(15)10-4-3-5-11(8-10)16-2/h3-5,8,12,15H,6-7,9,13H2,1-2H3. The first-order chi connectivity index (χ1) is 7.67. The van der Waals surface area contributed by atoms with Crippen molar-refractivity contribution in [2.24, 2.45) is 5.73 Å². The van der Waals surface area contributed by atoms with Crippen molar-refractivity contribution in [3.05, 3.63) is 29.8 Å². The number of ether oxygens (including phenoxy) is 1. The van der Waals surface area contributed by atoms with E-state index in [0.29, 0.717) is 13.1 Å². The van der Waals surface area contributed by atoms with Gasteiger partial charge in [-0.1, -0.05) is 12.1 Å². The maximum atomic E-state index is 10.00. The summed E-state index contributed by atoms with van der Waals surface area (Å²) in [5.74, 6) is 0.762. The largest absolute Gasteiger partial charge is 0.497 e. The first-order valence-corrected chi connectivity index (χ1v) is 5.38. The summed E-state index contributed by atoms with van der Waals surface area (Å²) in [7, 11) is 3.56. The van der Waals surface area contributed by atoms with E-state index in [1.165, 1.54) is 0 Å². The number of aliphatic hydroxyl groups excluding tert-OH is 1. The van der Waals surface area contributed by atoms with Gasteiger partial charge in [-0.2, -0.15) is 0 Å². The van der Waals surface area contributed by atoms with Crippen LogP contribution in [0.2, 0.25) is 0 Å². The summed E-state index contributed by atoms with van der Waals surface area (Å²) < 4.78 is 5.11. The molecule has 0 saturated carbocycles. The Hall–Kier alpha value is -1.10. The molecule has 4 nitrogen and oxygen atoms in total. The number of aliphatic hydroxyl groups is 1. The van der Waals surface area contributed by atoms with Gasteiger partial charge in [0.2, 0.25) is 0 Å². The summed E-state index contributed by atoms with van der Waals surface area (Å²) >= 11 is 0. The zero-order valence-electron chi connectivity index (χ0n) is 9.89. The van der Waals surface area contributed by atoms with E-state index >= 15 is 0 Å². The average molecular weight is 224 g/mol. The monoisotopic (exact) mass is 224 g/mol. The van der Waals surface area contributed by atoms with Gasteiger partial charge in [0, 0.05) is 19.6 Å². The Morgan fingerprint density at radius 1 is 1.50 bits per heavy atom. The molecule has 90 valence electrons. The van der Waals surface area contributed by atoms with Crippen LogP contribution in [0.25, 0.3) is 0 Å². The van der Waals surface area contributed by atoms with Gasteiger partial charge in [0.15, 0.2) is 0 Å². The zero-order valence-corrected chi connectivity index (χ0v) is 9.89. The van der Waals surface area contributed by atoms with Crippen LogP contribution in [0.15, 0.2) is 24.3 Å². The molecule has 1 atom stereocenters. The van der Waals surface area contributed by atoms with Crippen LogP contribution in [0.3, 0.4) is 0 Å². The van der Waals surface area contributed by atoms with E-state index in [1.807, 2.05) is 36.2 Å². The number of rotatable bonds is 6. The lowest BCUT2D eigenvalue weighted by Gasteiger charge is -2.20. The fourth-order valence-corrected chi connectivity index (χ4v) is 1.56. The number of methoxy groups -OCH3 is 1. The Kier molecular flexibility index (Phi) is 5.25. The van der Waals surface area contributed by atoms with Crippen molar-refractivity contribution in [1.82, 2.24) is 4.90 Å². The molecule has 3 N–H and O–H groups in total. The molecule has 0 amide bonds. The topological polar surface area (TPSA) is 58.7 Å². The van der Waals surface area contributed by atoms with E-state index in [0.717, 1.165) is 17.9 Å². The van der Waals surface area contributed by atoms with Crippen molar-refractivity contribution >= 4 is 0 Å². The highest BCUT2D eigenvalue weighted by atomic mass is 16.5. The van der Waals surface area contributed by atoms with Crippen molar-refractivity contribution in [1.29, 1.82) is 0 Å². The van der Waals surface area contributed by atoms with E-state index < -0.39 is 6.10 Å². The van der Waals surface area contributed by atoms with Gasteiger partial charge in [-0.05, 0) is 24.7 Å². The van der Waals surface area contributed by atoms with Crippen molar-refractivity contribution in [3.63, 3.8) is 0 Å². The molecule has 0 radical (unpaired) electrons. The second-order valence-corrected chi connectivity index (χ2v) is 3.84. The minimum absolute atomic E-state index is 0.508. The van der Waals surface area contributed by atoms with Crippen LogP contribution in [0.4, 0.5) is 0 Å². The number of nitrogens with zero attached hydrogens (tertiary/aromatic N) is 1. The van der Waals surface area contributed by atoms with Crippen LogP contribution in [0.5, 0.6) is 5.75 Å². The van der Waals surface area contributed by atoms with Crippen LogP contribution >= 0.6 is 0 Å². The molecule has 0 heterocycles. The van der Waals surface area contributed by atoms with Gasteiger partial charge in [0.05, 0.1) is 13.2 Å². The molecule has 16 heavy (non-hydrogen) atoms. The van der Waals surface area contributed by atoms with E-state index in [-0.39, 0.29) is 0 Å². The molecule has 0 aliphatic heterocycles. The SMILES string of the molecule is COc1cccc(C(O)CN(C)CCN)c1. The summed E-state index contributed by atoms with van der Waals surface area (Å²) in [5, 5.41) is 10.00. The van der Waals surface area contributed by atoms with Crippen LogP contribution in [0.1, 0.15) is 11.7 Å². The lowest BCUT2D eigenvalue weighted by atomic mass is 10.1. The van der Waals surface area contributed by atoms with Gasteiger partial charge >= 0.3 is 0 Å². The third-order valence-corrected chi connectivity index (χ3v) is 2.47. The fourth-order valence-electron chi connectivity index (χ4n) is 1.56. The smallest absolute Gasteiger partial charge is 0.119 e. The zero-order chi connectivity index (χ0) is 12.0. The van der Waals surface area contributed by atoms with Gasteiger partial charge in [-0.3, -0.25) is 0 Å². The van der Waals surface area contributed by atoms with Gasteiger partial charge in [-0.15, -0.1) is 0 Å². The molecule has 0 fully saturated rings. The Morgan fingerprint density at radius 2 is 2.25 bits per heavy atom. The number of benzene rings is 1. The summed E-state index contributed by atoms with van der Waals surface area (Å²) in [4.78, 5) is 2.00. The number of nitrogens with two attached hydrogens (primary N) is 1. The van der Waals surface area contributed by atoms with E-state index in [1.54, 1.807) is 7.11 Å². The maximum Gasteiger partial charge on any atom is 0.119 e. The van der Waals surface area contributed by atoms with Gasteiger partial charge in [0.1, 0.15) is 5.75 Å². The lowest BCUT2D eigenvalue weighted by molar-refractivity contribution is 0.128. The molecule has 0 aliphatic rings. The average Bonchev–Trinajstić information content (AvgIpc) is 2.29. The van der Waals surface area contributed by atoms with Crippen molar-refractivity contribution < 1.29 is 9.84 Å². The molecule has 1 rings (SSSR count). The molecule has 1 unspecified atom stereocenters. The molecular formula is C12H20N2O2. The molecule has 0 aliphatic carbocycles. The predicted octanol–water partition coefficient (Wildman–Crippen LogP) is 0.619. The first-order valence-electron chi connectivity index (χ1n) is 5.38. The second-order valence-electron chi connectivity index (χ2n) is 3.84. The summed E-state index contributed by atoms with van der Waals surface area (Å²) in [5.41, 5.74) is 6.31. The van der Waals surface area contributed by atoms with Gasteiger partial charge in [-0.25, -0.2) is 0 Å². The fraction of sp³-hybridized carbons (Fsp3) is 0.500.